The molecular formula is C21H14FN5O4. The molecule has 31 heavy (non-hydrogen) atoms. The number of benzene rings is 2. The van der Waals surface area contributed by atoms with E-state index in [1.807, 2.05) is 0 Å². The smallest absolute Gasteiger partial charge is 0.293 e. The molecular weight excluding hydrogens is 405 g/mol. The first-order valence-electron chi connectivity index (χ1n) is 9.03. The number of rotatable bonds is 5. The largest absolute Gasteiger partial charge is 0.336 e. The Labute approximate surface area is 174 Å². The van der Waals surface area contributed by atoms with Crippen LogP contribution >= 0.6 is 0 Å². The molecule has 0 fully saturated rings. The molecule has 2 aromatic heterocycles. The number of carbonyl (C=O) groups is 1. The van der Waals surface area contributed by atoms with E-state index >= 15 is 0 Å². The van der Waals surface area contributed by atoms with Crippen molar-refractivity contribution in [2.75, 3.05) is 4.90 Å². The number of para-hydroxylation sites is 2. The minimum absolute atomic E-state index is 0.0112. The highest BCUT2D eigenvalue weighted by Gasteiger charge is 2.32. The molecule has 10 heteroatoms. The van der Waals surface area contributed by atoms with Gasteiger partial charge in [-0.05, 0) is 36.4 Å². The molecule has 0 saturated carbocycles. The number of nitrogens with zero attached hydrogens (tertiary/aromatic N) is 5. The van der Waals surface area contributed by atoms with E-state index in [-0.39, 0.29) is 17.3 Å². The van der Waals surface area contributed by atoms with Gasteiger partial charge in [0.1, 0.15) is 23.5 Å². The van der Waals surface area contributed by atoms with Crippen molar-refractivity contribution in [3.8, 4) is 22.5 Å². The highest BCUT2D eigenvalue weighted by molar-refractivity contribution is 6.04. The van der Waals surface area contributed by atoms with Crippen molar-refractivity contribution < 1.29 is 18.6 Å². The molecule has 0 radical (unpaired) electrons. The van der Waals surface area contributed by atoms with Crippen molar-refractivity contribution in [2.24, 2.45) is 0 Å². The summed E-state index contributed by atoms with van der Waals surface area (Å²) in [4.78, 5) is 32.8. The van der Waals surface area contributed by atoms with Gasteiger partial charge in [-0.15, -0.1) is 0 Å². The fourth-order valence-corrected chi connectivity index (χ4v) is 3.14. The molecule has 9 nitrogen and oxygen atoms in total. The van der Waals surface area contributed by atoms with Gasteiger partial charge in [-0.25, -0.2) is 19.3 Å². The summed E-state index contributed by atoms with van der Waals surface area (Å²) in [7, 11) is 0. The van der Waals surface area contributed by atoms with Crippen molar-refractivity contribution in [2.45, 2.75) is 6.92 Å². The van der Waals surface area contributed by atoms with Crippen LogP contribution in [0.1, 0.15) is 6.92 Å². The monoisotopic (exact) mass is 419 g/mol. The molecule has 2 heterocycles. The number of carbonyl (C=O) groups excluding carboxylic acids is 1. The standard InChI is InChI=1S/C21H14FN5O4/c1-13(28)26(17-4-2-3-5-18(17)27(29)30)21-19(16-10-11-23-12-24-16)20(25-31-21)14-6-8-15(22)9-7-14/h2-12H,1H3. The van der Waals surface area contributed by atoms with Crippen molar-refractivity contribution >= 4 is 23.2 Å². The number of amides is 1. The van der Waals surface area contributed by atoms with Crippen LogP contribution in [0.4, 0.5) is 21.6 Å². The van der Waals surface area contributed by atoms with Crippen LogP contribution < -0.4 is 4.90 Å². The van der Waals surface area contributed by atoms with Crippen molar-refractivity contribution in [1.29, 1.82) is 0 Å². The zero-order chi connectivity index (χ0) is 22.0. The summed E-state index contributed by atoms with van der Waals surface area (Å²) in [5.41, 5.74) is 1.20. The van der Waals surface area contributed by atoms with Crippen molar-refractivity contribution in [3.05, 3.63) is 83.1 Å². The molecule has 0 saturated heterocycles. The first-order valence-corrected chi connectivity index (χ1v) is 9.03. The zero-order valence-corrected chi connectivity index (χ0v) is 16.1. The van der Waals surface area contributed by atoms with Gasteiger partial charge in [0, 0.05) is 24.8 Å². The Morgan fingerprint density at radius 3 is 2.52 bits per heavy atom. The topological polar surface area (TPSA) is 115 Å². The first-order chi connectivity index (χ1) is 15.0. The van der Waals surface area contributed by atoms with Gasteiger partial charge in [-0.1, -0.05) is 17.3 Å². The molecule has 0 aliphatic rings. The van der Waals surface area contributed by atoms with E-state index in [1.54, 1.807) is 12.1 Å². The highest BCUT2D eigenvalue weighted by Crippen LogP contribution is 2.43. The lowest BCUT2D eigenvalue weighted by Gasteiger charge is -2.19. The van der Waals surface area contributed by atoms with E-state index in [0.717, 1.165) is 4.90 Å². The van der Waals surface area contributed by atoms with Crippen LogP contribution in [-0.2, 0) is 4.79 Å². The lowest BCUT2D eigenvalue weighted by atomic mass is 10.0. The van der Waals surface area contributed by atoms with Crippen molar-refractivity contribution in [1.82, 2.24) is 15.1 Å². The molecule has 2 aromatic carbocycles. The number of nitro groups is 1. The van der Waals surface area contributed by atoms with Gasteiger partial charge in [0.25, 0.3) is 5.69 Å². The summed E-state index contributed by atoms with van der Waals surface area (Å²) in [6, 6.07) is 12.9. The van der Waals surface area contributed by atoms with Gasteiger partial charge in [0.15, 0.2) is 0 Å². The molecule has 0 bridgehead atoms. The Bertz CT molecular complexity index is 1260. The molecule has 0 aliphatic heterocycles. The van der Waals surface area contributed by atoms with E-state index in [1.165, 1.54) is 61.9 Å². The highest BCUT2D eigenvalue weighted by atomic mass is 19.1. The average molecular weight is 419 g/mol. The summed E-state index contributed by atoms with van der Waals surface area (Å²) in [6.45, 7) is 1.25. The normalized spacial score (nSPS) is 10.6. The van der Waals surface area contributed by atoms with Crippen LogP contribution in [0.2, 0.25) is 0 Å². The predicted molar refractivity (Wildman–Crippen MR) is 109 cm³/mol. The second-order valence-electron chi connectivity index (χ2n) is 6.41. The molecule has 1 amide bonds. The fourth-order valence-electron chi connectivity index (χ4n) is 3.14. The maximum atomic E-state index is 13.4. The van der Waals surface area contributed by atoms with Crippen LogP contribution in [0.25, 0.3) is 22.5 Å². The molecule has 0 atom stereocenters. The summed E-state index contributed by atoms with van der Waals surface area (Å²) >= 11 is 0. The van der Waals surface area contributed by atoms with Crippen LogP contribution in [0.5, 0.6) is 0 Å². The molecule has 0 unspecified atom stereocenters. The number of aromatic nitrogens is 3. The van der Waals surface area contributed by atoms with Gasteiger partial charge < -0.3 is 4.52 Å². The second-order valence-corrected chi connectivity index (χ2v) is 6.41. The van der Waals surface area contributed by atoms with Crippen molar-refractivity contribution in [3.63, 3.8) is 0 Å². The number of nitro benzene ring substituents is 1. The zero-order valence-electron chi connectivity index (χ0n) is 16.1. The van der Waals surface area contributed by atoms with Crippen LogP contribution in [-0.4, -0.2) is 26.0 Å². The summed E-state index contributed by atoms with van der Waals surface area (Å²) < 4.78 is 19.0. The Balaban J connectivity index is 1.99. The third kappa shape index (κ3) is 3.73. The second kappa shape index (κ2) is 8.11. The van der Waals surface area contributed by atoms with Crippen LogP contribution in [0.15, 0.2) is 71.6 Å². The van der Waals surface area contributed by atoms with Gasteiger partial charge in [0.05, 0.1) is 16.2 Å². The number of anilines is 2. The lowest BCUT2D eigenvalue weighted by molar-refractivity contribution is -0.384. The van der Waals surface area contributed by atoms with E-state index in [9.17, 15) is 19.3 Å². The first kappa shape index (κ1) is 19.8. The summed E-state index contributed by atoms with van der Waals surface area (Å²) in [6.07, 6.45) is 2.81. The third-order valence-corrected chi connectivity index (χ3v) is 4.47. The molecule has 154 valence electrons. The number of halogens is 1. The Hall–Kier alpha value is -4.47. The maximum Gasteiger partial charge on any atom is 0.293 e. The molecule has 0 spiro atoms. The minimum atomic E-state index is -0.590. The number of hydrogen-bond acceptors (Lipinski definition) is 7. The minimum Gasteiger partial charge on any atom is -0.336 e. The van der Waals surface area contributed by atoms with E-state index in [0.29, 0.717) is 22.5 Å². The predicted octanol–water partition coefficient (Wildman–Crippen LogP) is 4.53. The van der Waals surface area contributed by atoms with Gasteiger partial charge >= 0.3 is 0 Å². The van der Waals surface area contributed by atoms with E-state index in [2.05, 4.69) is 15.1 Å². The summed E-state index contributed by atoms with van der Waals surface area (Å²) in [5, 5.41) is 15.6. The third-order valence-electron chi connectivity index (χ3n) is 4.47. The SMILES string of the molecule is CC(=O)N(c1ccccc1[N+](=O)[O-])c1onc(-c2ccc(F)cc2)c1-c1ccncn1. The maximum absolute atomic E-state index is 13.4. The fraction of sp³-hybridized carbons (Fsp3) is 0.0476. The summed E-state index contributed by atoms with van der Waals surface area (Å²) in [5.74, 6) is -1.02. The quantitative estimate of drug-likeness (QED) is 0.345. The van der Waals surface area contributed by atoms with E-state index in [4.69, 9.17) is 4.52 Å². The Kier molecular flexibility index (Phi) is 5.19. The molecule has 4 aromatic rings. The van der Waals surface area contributed by atoms with Gasteiger partial charge in [0.2, 0.25) is 11.8 Å². The average Bonchev–Trinajstić information content (AvgIpc) is 3.19. The molecule has 4 rings (SSSR count). The van der Waals surface area contributed by atoms with Crippen LogP contribution in [0.3, 0.4) is 0 Å². The molecule has 0 aliphatic carbocycles. The molecule has 0 N–H and O–H groups in total. The lowest BCUT2D eigenvalue weighted by Crippen LogP contribution is -2.23. The number of hydrogen-bond donors (Lipinski definition) is 0. The van der Waals surface area contributed by atoms with Gasteiger partial charge in [-0.3, -0.25) is 14.9 Å². The Morgan fingerprint density at radius 2 is 1.87 bits per heavy atom. The van der Waals surface area contributed by atoms with Gasteiger partial charge in [-0.2, -0.15) is 0 Å². The Morgan fingerprint density at radius 1 is 1.13 bits per heavy atom. The van der Waals surface area contributed by atoms with E-state index < -0.39 is 16.6 Å². The van der Waals surface area contributed by atoms with Crippen LogP contribution in [0, 0.1) is 15.9 Å².